The van der Waals surface area contributed by atoms with E-state index in [0.717, 1.165) is 6.20 Å². The van der Waals surface area contributed by atoms with E-state index in [2.05, 4.69) is 5.32 Å². The zero-order valence-electron chi connectivity index (χ0n) is 14.7. The summed E-state index contributed by atoms with van der Waals surface area (Å²) in [6.45, 7) is 0. The van der Waals surface area contributed by atoms with E-state index >= 15 is 0 Å². The molecule has 3 rings (SSSR count). The molecule has 0 spiro atoms. The molecule has 0 aliphatic carbocycles. The summed E-state index contributed by atoms with van der Waals surface area (Å²) in [7, 11) is 0. The van der Waals surface area contributed by atoms with Crippen molar-refractivity contribution >= 4 is 46.6 Å². The van der Waals surface area contributed by atoms with Crippen LogP contribution in [0.2, 0.25) is 10.0 Å². The third-order valence-electron chi connectivity index (χ3n) is 3.59. The quantitative estimate of drug-likeness (QED) is 0.268. The number of rotatable bonds is 5. The van der Waals surface area contributed by atoms with E-state index in [9.17, 15) is 23.2 Å². The molecule has 1 heterocycles. The first-order valence-electron chi connectivity index (χ1n) is 8.13. The molecule has 30 heavy (non-hydrogen) atoms. The number of nitrogens with zero attached hydrogens (tertiary/aromatic N) is 1. The molecule has 2 aromatic carbocycles. The fourth-order valence-corrected chi connectivity index (χ4v) is 3.21. The highest BCUT2D eigenvalue weighted by atomic mass is 35.5. The first-order chi connectivity index (χ1) is 14.1. The lowest BCUT2D eigenvalue weighted by atomic mass is 10.1. The van der Waals surface area contributed by atoms with Gasteiger partial charge in [0.1, 0.15) is 17.2 Å². The highest BCUT2D eigenvalue weighted by Gasteiger charge is 2.29. The second-order valence-electron chi connectivity index (χ2n) is 5.79. The van der Waals surface area contributed by atoms with Gasteiger partial charge in [-0.25, -0.2) is 0 Å². The summed E-state index contributed by atoms with van der Waals surface area (Å²) < 4.78 is 43.5. The lowest BCUT2D eigenvalue weighted by Crippen LogP contribution is -2.25. The van der Waals surface area contributed by atoms with Crippen LogP contribution in [0.4, 0.5) is 18.9 Å². The largest absolute Gasteiger partial charge is 0.619 e. The molecule has 156 valence electrons. The number of thioether (sulfide) groups is 1. The fourth-order valence-electron chi connectivity index (χ4n) is 2.35. The maximum Gasteiger partial charge on any atom is 0.446 e. The van der Waals surface area contributed by atoms with E-state index in [4.69, 9.17) is 27.9 Å². The molecule has 1 amide bonds. The van der Waals surface area contributed by atoms with Gasteiger partial charge in [-0.3, -0.25) is 4.79 Å². The minimum atomic E-state index is -4.41. The summed E-state index contributed by atoms with van der Waals surface area (Å²) >= 11 is 11.8. The van der Waals surface area contributed by atoms with Gasteiger partial charge >= 0.3 is 5.51 Å². The van der Waals surface area contributed by atoms with E-state index in [0.29, 0.717) is 4.73 Å². The van der Waals surface area contributed by atoms with E-state index in [-0.39, 0.29) is 49.5 Å². The van der Waals surface area contributed by atoms with E-state index in [1.807, 2.05) is 0 Å². The summed E-state index contributed by atoms with van der Waals surface area (Å²) in [5.74, 6) is -0.408. The van der Waals surface area contributed by atoms with Crippen LogP contribution in [0.5, 0.6) is 11.5 Å². The predicted molar refractivity (Wildman–Crippen MR) is 108 cm³/mol. The molecule has 1 N–H and O–H groups in total. The number of hydrogen-bond acceptors (Lipinski definition) is 4. The zero-order valence-corrected chi connectivity index (χ0v) is 17.1. The summed E-state index contributed by atoms with van der Waals surface area (Å²) in [4.78, 5) is 12.7. The molecule has 0 saturated heterocycles. The monoisotopic (exact) mass is 474 g/mol. The topological polar surface area (TPSA) is 65.3 Å². The van der Waals surface area contributed by atoms with Gasteiger partial charge in [0.2, 0.25) is 6.20 Å². The lowest BCUT2D eigenvalue weighted by molar-refractivity contribution is -0.604. The van der Waals surface area contributed by atoms with Gasteiger partial charge in [0, 0.05) is 17.0 Å². The highest BCUT2D eigenvalue weighted by molar-refractivity contribution is 8.00. The average molecular weight is 475 g/mol. The molecule has 0 unspecified atom stereocenters. The Bertz CT molecular complexity index is 1080. The number of pyridine rings is 1. The van der Waals surface area contributed by atoms with Crippen molar-refractivity contribution in [1.29, 1.82) is 0 Å². The van der Waals surface area contributed by atoms with Crippen LogP contribution in [0.25, 0.3) is 0 Å². The molecule has 0 atom stereocenters. The zero-order chi connectivity index (χ0) is 21.9. The second-order valence-corrected chi connectivity index (χ2v) is 7.74. The third-order valence-corrected chi connectivity index (χ3v) is 5.05. The van der Waals surface area contributed by atoms with E-state index in [1.165, 1.54) is 54.7 Å². The van der Waals surface area contributed by atoms with Crippen LogP contribution in [-0.4, -0.2) is 11.4 Å². The normalized spacial score (nSPS) is 11.2. The van der Waals surface area contributed by atoms with Gasteiger partial charge < -0.3 is 15.3 Å². The summed E-state index contributed by atoms with van der Waals surface area (Å²) in [5, 5.41) is 14.1. The minimum absolute atomic E-state index is 0.0134. The van der Waals surface area contributed by atoms with E-state index in [1.54, 1.807) is 0 Å². The number of benzene rings is 2. The number of hydrogen-bond donors (Lipinski definition) is 1. The van der Waals surface area contributed by atoms with Crippen LogP contribution in [0.15, 0.2) is 65.8 Å². The number of aromatic nitrogens is 1. The van der Waals surface area contributed by atoms with Crippen molar-refractivity contribution in [2.45, 2.75) is 10.4 Å². The minimum Gasteiger partial charge on any atom is -0.619 e. The molecular formula is C19H11Cl2F3N2O3S. The van der Waals surface area contributed by atoms with Crippen molar-refractivity contribution in [3.63, 3.8) is 0 Å². The standard InChI is InChI=1S/C19H11Cl2F3N2O3S/c20-15-8-14(18(27)25-11-2-1-7-26(28)10-11)17(9-16(15)21)29-12-3-5-13(6-4-12)30-19(22,23)24/h1-10H,(H,25,27). The molecule has 0 aliphatic heterocycles. The average Bonchev–Trinajstić information content (AvgIpc) is 2.65. The first-order valence-corrected chi connectivity index (χ1v) is 9.71. The van der Waals surface area contributed by atoms with Gasteiger partial charge in [-0.2, -0.15) is 17.9 Å². The molecule has 0 aliphatic rings. The van der Waals surface area contributed by atoms with Crippen LogP contribution in [0, 0.1) is 5.21 Å². The number of amides is 1. The molecule has 5 nitrogen and oxygen atoms in total. The molecule has 0 fully saturated rings. The van der Waals surface area contributed by atoms with Gasteiger partial charge in [-0.15, -0.1) is 0 Å². The predicted octanol–water partition coefficient (Wildman–Crippen LogP) is 6.28. The number of carbonyl (C=O) groups excluding carboxylic acids is 1. The van der Waals surface area contributed by atoms with Crippen LogP contribution in [-0.2, 0) is 0 Å². The number of halogens is 5. The highest BCUT2D eigenvalue weighted by Crippen LogP contribution is 2.38. The molecule has 0 saturated carbocycles. The number of alkyl halides is 3. The van der Waals surface area contributed by atoms with Gasteiger partial charge in [-0.1, -0.05) is 23.2 Å². The van der Waals surface area contributed by atoms with Crippen molar-refractivity contribution in [3.05, 3.63) is 81.7 Å². The molecule has 11 heteroatoms. The Kier molecular flexibility index (Phi) is 6.64. The maximum atomic E-state index is 12.7. The number of anilines is 1. The smallest absolute Gasteiger partial charge is 0.446 e. The van der Waals surface area contributed by atoms with Crippen LogP contribution in [0.1, 0.15) is 10.4 Å². The van der Waals surface area contributed by atoms with Crippen molar-refractivity contribution in [3.8, 4) is 11.5 Å². The number of ether oxygens (including phenoxy) is 1. The molecule has 0 radical (unpaired) electrons. The third kappa shape index (κ3) is 5.94. The summed E-state index contributed by atoms with van der Waals surface area (Å²) in [6.07, 6.45) is 2.41. The van der Waals surface area contributed by atoms with Crippen molar-refractivity contribution in [2.75, 3.05) is 5.32 Å². The summed E-state index contributed by atoms with van der Waals surface area (Å²) in [6, 6.07) is 10.7. The first kappa shape index (κ1) is 22.1. The Balaban J connectivity index is 1.85. The van der Waals surface area contributed by atoms with Crippen LogP contribution >= 0.6 is 35.0 Å². The Morgan fingerprint density at radius 1 is 1.10 bits per heavy atom. The van der Waals surface area contributed by atoms with Gasteiger partial charge in [-0.05, 0) is 48.2 Å². The second kappa shape index (κ2) is 9.03. The maximum absolute atomic E-state index is 12.7. The van der Waals surface area contributed by atoms with Gasteiger partial charge in [0.25, 0.3) is 5.91 Å². The van der Waals surface area contributed by atoms with Crippen molar-refractivity contribution in [2.24, 2.45) is 0 Å². The SMILES string of the molecule is O=C(Nc1ccc[n+]([O-])c1)c1cc(Cl)c(Cl)cc1Oc1ccc(SC(F)(F)F)cc1. The molecule has 1 aromatic heterocycles. The summed E-state index contributed by atoms with van der Waals surface area (Å²) in [5.41, 5.74) is -4.15. The van der Waals surface area contributed by atoms with Crippen molar-refractivity contribution < 1.29 is 27.4 Å². The molecular weight excluding hydrogens is 464 g/mol. The van der Waals surface area contributed by atoms with Gasteiger partial charge in [0.15, 0.2) is 6.20 Å². The van der Waals surface area contributed by atoms with Crippen molar-refractivity contribution in [1.82, 2.24) is 0 Å². The fraction of sp³-hybridized carbons (Fsp3) is 0.0526. The van der Waals surface area contributed by atoms with E-state index < -0.39 is 11.4 Å². The number of nitrogens with one attached hydrogen (secondary N) is 1. The van der Waals surface area contributed by atoms with Crippen LogP contribution < -0.4 is 14.8 Å². The molecule has 3 aromatic rings. The Hall–Kier alpha value is -2.62. The molecule has 0 bridgehead atoms. The Labute approximate surface area is 183 Å². The Morgan fingerprint density at radius 2 is 1.77 bits per heavy atom. The number of carbonyl (C=O) groups is 1. The van der Waals surface area contributed by atoms with Gasteiger partial charge in [0.05, 0.1) is 15.6 Å². The Morgan fingerprint density at radius 3 is 2.40 bits per heavy atom. The lowest BCUT2D eigenvalue weighted by Gasteiger charge is -2.13. The van der Waals surface area contributed by atoms with Crippen LogP contribution in [0.3, 0.4) is 0 Å².